The van der Waals surface area contributed by atoms with Gasteiger partial charge in [0.15, 0.2) is 5.17 Å². The molecule has 0 radical (unpaired) electrons. The lowest BCUT2D eigenvalue weighted by Crippen LogP contribution is -2.32. The van der Waals surface area contributed by atoms with Gasteiger partial charge in [-0.15, -0.1) is 11.7 Å². The molecule has 1 atom stereocenters. The number of carbonyl (C=O) groups excluding carboxylic acids is 1. The van der Waals surface area contributed by atoms with Gasteiger partial charge in [-0.3, -0.25) is 9.69 Å². The van der Waals surface area contributed by atoms with Gasteiger partial charge in [-0.05, 0) is 24.1 Å². The van der Waals surface area contributed by atoms with Crippen molar-refractivity contribution in [2.75, 3.05) is 6.54 Å². The van der Waals surface area contributed by atoms with E-state index in [9.17, 15) is 4.79 Å². The number of hydrogen-bond acceptors (Lipinski definition) is 5. The van der Waals surface area contributed by atoms with E-state index < -0.39 is 0 Å². The Morgan fingerprint density at radius 1 is 1.03 bits per heavy atom. The van der Waals surface area contributed by atoms with Crippen LogP contribution in [0.2, 0.25) is 0 Å². The quantitative estimate of drug-likeness (QED) is 0.310. The number of benzene rings is 2. The molecule has 0 N–H and O–H groups in total. The molecule has 1 amide bonds. The molecule has 1 unspecified atom stereocenters. The Bertz CT molecular complexity index is 1070. The van der Waals surface area contributed by atoms with Crippen LogP contribution < -0.4 is 0 Å². The Morgan fingerprint density at radius 2 is 1.77 bits per heavy atom. The molecule has 0 aliphatic carbocycles. The number of amidine groups is 1. The maximum atomic E-state index is 12.8. The van der Waals surface area contributed by atoms with Crippen LogP contribution >= 0.6 is 11.8 Å². The monoisotopic (exact) mass is 415 g/mol. The summed E-state index contributed by atoms with van der Waals surface area (Å²) in [7, 11) is 0. The van der Waals surface area contributed by atoms with E-state index in [1.165, 1.54) is 11.8 Å². The van der Waals surface area contributed by atoms with Gasteiger partial charge >= 0.3 is 0 Å². The molecular formula is C24H21N3O2S. The second-order valence-electron chi connectivity index (χ2n) is 6.73. The summed E-state index contributed by atoms with van der Waals surface area (Å²) in [5.41, 5.74) is 2.12. The van der Waals surface area contributed by atoms with Crippen LogP contribution in [-0.4, -0.2) is 34.0 Å². The fraction of sp³-hybridized carbons (Fsp3) is 0.125. The highest BCUT2D eigenvalue weighted by Crippen LogP contribution is 2.30. The number of amides is 1. The highest BCUT2D eigenvalue weighted by atomic mass is 32.2. The van der Waals surface area contributed by atoms with Crippen LogP contribution in [0.4, 0.5) is 0 Å². The lowest BCUT2D eigenvalue weighted by atomic mass is 10.1. The van der Waals surface area contributed by atoms with E-state index in [0.717, 1.165) is 16.9 Å². The van der Waals surface area contributed by atoms with Crippen LogP contribution in [0, 0.1) is 0 Å². The summed E-state index contributed by atoms with van der Waals surface area (Å²) >= 11 is 1.43. The molecule has 0 bridgehead atoms. The van der Waals surface area contributed by atoms with Gasteiger partial charge < -0.3 is 4.42 Å². The number of nitrogens with zero attached hydrogens (tertiary/aromatic N) is 3. The van der Waals surface area contributed by atoms with E-state index >= 15 is 0 Å². The molecule has 1 aromatic heterocycles. The molecule has 1 saturated heterocycles. The first kappa shape index (κ1) is 19.9. The van der Waals surface area contributed by atoms with Crippen molar-refractivity contribution in [3.63, 3.8) is 0 Å². The highest BCUT2D eigenvalue weighted by molar-refractivity contribution is 8.15. The normalized spacial score (nSPS) is 17.9. The number of carbonyl (C=O) groups is 1. The van der Waals surface area contributed by atoms with E-state index in [2.05, 4.69) is 16.8 Å². The molecule has 1 aliphatic heterocycles. The first-order valence-electron chi connectivity index (χ1n) is 9.64. The van der Waals surface area contributed by atoms with Gasteiger partial charge in [0.05, 0.1) is 11.5 Å². The molecule has 30 heavy (non-hydrogen) atoms. The average molecular weight is 416 g/mol. The van der Waals surface area contributed by atoms with Crippen molar-refractivity contribution in [3.8, 4) is 11.3 Å². The van der Waals surface area contributed by atoms with Crippen molar-refractivity contribution in [1.29, 1.82) is 0 Å². The molecule has 150 valence electrons. The number of thioether (sulfide) groups is 1. The average Bonchev–Trinajstić information content (AvgIpc) is 3.36. The van der Waals surface area contributed by atoms with E-state index in [0.29, 0.717) is 23.9 Å². The summed E-state index contributed by atoms with van der Waals surface area (Å²) < 4.78 is 5.81. The SMILES string of the molecule is C=CCN1C(=O)C(Cc2ccccc2)S/C1=N/N=C\c1ccc(-c2ccccc2)o1. The number of hydrogen-bond donors (Lipinski definition) is 0. The van der Waals surface area contributed by atoms with Crippen molar-refractivity contribution in [2.45, 2.75) is 11.7 Å². The van der Waals surface area contributed by atoms with Gasteiger partial charge in [0.2, 0.25) is 5.91 Å². The predicted molar refractivity (Wildman–Crippen MR) is 123 cm³/mol. The third-order valence-corrected chi connectivity index (χ3v) is 5.77. The summed E-state index contributed by atoms with van der Waals surface area (Å²) in [5, 5.41) is 8.81. The molecule has 1 fully saturated rings. The van der Waals surface area contributed by atoms with Crippen LogP contribution in [0.15, 0.2) is 100 Å². The van der Waals surface area contributed by atoms with E-state index in [4.69, 9.17) is 4.42 Å². The van der Waals surface area contributed by atoms with Crippen LogP contribution in [0.1, 0.15) is 11.3 Å². The fourth-order valence-electron chi connectivity index (χ4n) is 3.16. The van der Waals surface area contributed by atoms with Crippen molar-refractivity contribution in [3.05, 3.63) is 96.8 Å². The first-order valence-corrected chi connectivity index (χ1v) is 10.5. The molecule has 2 heterocycles. The smallest absolute Gasteiger partial charge is 0.242 e. The Balaban J connectivity index is 1.48. The molecule has 3 aromatic rings. The zero-order valence-electron chi connectivity index (χ0n) is 16.3. The van der Waals surface area contributed by atoms with Gasteiger partial charge in [-0.1, -0.05) is 78.5 Å². The fourth-order valence-corrected chi connectivity index (χ4v) is 4.30. The first-order chi connectivity index (χ1) is 14.7. The molecule has 1 aliphatic rings. The Hall–Kier alpha value is -3.38. The molecular weight excluding hydrogens is 394 g/mol. The number of rotatable bonds is 7. The second-order valence-corrected chi connectivity index (χ2v) is 7.90. The zero-order valence-corrected chi connectivity index (χ0v) is 17.2. The van der Waals surface area contributed by atoms with E-state index in [1.54, 1.807) is 17.2 Å². The highest BCUT2D eigenvalue weighted by Gasteiger charge is 2.37. The topological polar surface area (TPSA) is 58.2 Å². The van der Waals surface area contributed by atoms with Gasteiger partial charge in [0.25, 0.3) is 0 Å². The predicted octanol–water partition coefficient (Wildman–Crippen LogP) is 5.01. The molecule has 0 spiro atoms. The summed E-state index contributed by atoms with van der Waals surface area (Å²) in [5.74, 6) is 1.40. The number of furan rings is 1. The second kappa shape index (κ2) is 9.41. The van der Waals surface area contributed by atoms with E-state index in [-0.39, 0.29) is 11.2 Å². The van der Waals surface area contributed by atoms with Crippen molar-refractivity contribution in [2.24, 2.45) is 10.2 Å². The van der Waals surface area contributed by atoms with E-state index in [1.807, 2.05) is 72.8 Å². The van der Waals surface area contributed by atoms with Crippen molar-refractivity contribution in [1.82, 2.24) is 4.90 Å². The van der Waals surface area contributed by atoms with Crippen molar-refractivity contribution >= 4 is 29.1 Å². The maximum Gasteiger partial charge on any atom is 0.242 e. The van der Waals surface area contributed by atoms with Crippen LogP contribution in [0.25, 0.3) is 11.3 Å². The molecule has 4 rings (SSSR count). The molecule has 5 nitrogen and oxygen atoms in total. The maximum absolute atomic E-state index is 12.8. The Morgan fingerprint density at radius 3 is 2.50 bits per heavy atom. The van der Waals surface area contributed by atoms with Gasteiger partial charge in [-0.25, -0.2) is 0 Å². The lowest BCUT2D eigenvalue weighted by molar-refractivity contribution is -0.125. The minimum atomic E-state index is -0.213. The van der Waals surface area contributed by atoms with Crippen LogP contribution in [0.5, 0.6) is 0 Å². The summed E-state index contributed by atoms with van der Waals surface area (Å²) in [6, 6.07) is 23.6. The minimum Gasteiger partial charge on any atom is -0.455 e. The largest absolute Gasteiger partial charge is 0.455 e. The summed E-state index contributed by atoms with van der Waals surface area (Å²) in [4.78, 5) is 14.4. The van der Waals surface area contributed by atoms with Gasteiger partial charge in [0.1, 0.15) is 11.5 Å². The summed E-state index contributed by atoms with van der Waals surface area (Å²) in [6.07, 6.45) is 3.90. The van der Waals surface area contributed by atoms with Crippen molar-refractivity contribution < 1.29 is 9.21 Å². The Kier molecular flexibility index (Phi) is 6.25. The zero-order chi connectivity index (χ0) is 20.8. The molecule has 0 saturated carbocycles. The van der Waals surface area contributed by atoms with Gasteiger partial charge in [0, 0.05) is 12.1 Å². The van der Waals surface area contributed by atoms with Gasteiger partial charge in [-0.2, -0.15) is 5.10 Å². The minimum absolute atomic E-state index is 0.0297. The standard InChI is InChI=1S/C24H21N3O2S/c1-2-15-27-23(28)22(16-18-9-5-3-6-10-18)30-24(27)26-25-17-20-13-14-21(29-20)19-11-7-4-8-12-19/h2-14,17,22H,1,15-16H2/b25-17-,26-24+. The van der Waals surface area contributed by atoms with Crippen LogP contribution in [0.3, 0.4) is 0 Å². The van der Waals surface area contributed by atoms with Crippen LogP contribution in [-0.2, 0) is 11.2 Å². The summed E-state index contributed by atoms with van der Waals surface area (Å²) in [6.45, 7) is 4.16. The molecule has 6 heteroatoms. The lowest BCUT2D eigenvalue weighted by Gasteiger charge is -2.12. The Labute approximate surface area is 179 Å². The third kappa shape index (κ3) is 4.60. The third-order valence-electron chi connectivity index (χ3n) is 4.61. The molecule has 2 aromatic carbocycles.